The molecular formula is C20H28FNO3. The van der Waals surface area contributed by atoms with Gasteiger partial charge in [0.2, 0.25) is 5.91 Å². The summed E-state index contributed by atoms with van der Waals surface area (Å²) in [5, 5.41) is 0. The van der Waals surface area contributed by atoms with Crippen molar-refractivity contribution in [2.75, 3.05) is 19.7 Å². The molecule has 2 rings (SSSR count). The van der Waals surface area contributed by atoms with E-state index < -0.39 is 10.8 Å². The van der Waals surface area contributed by atoms with Gasteiger partial charge in [-0.2, -0.15) is 0 Å². The number of piperidine rings is 1. The summed E-state index contributed by atoms with van der Waals surface area (Å²) in [6.07, 6.45) is 1.86. The van der Waals surface area contributed by atoms with Crippen LogP contribution in [0, 0.1) is 16.6 Å². The predicted octanol–water partition coefficient (Wildman–Crippen LogP) is 3.59. The van der Waals surface area contributed by atoms with Crippen LogP contribution in [-0.4, -0.2) is 36.5 Å². The van der Waals surface area contributed by atoms with Crippen LogP contribution in [-0.2, 0) is 20.7 Å². The van der Waals surface area contributed by atoms with Gasteiger partial charge in [-0.25, -0.2) is 4.39 Å². The molecule has 1 atom stereocenters. The van der Waals surface area contributed by atoms with Crippen LogP contribution in [0.4, 0.5) is 4.39 Å². The molecule has 1 saturated heterocycles. The van der Waals surface area contributed by atoms with Crippen molar-refractivity contribution < 1.29 is 18.7 Å². The van der Waals surface area contributed by atoms with Gasteiger partial charge in [-0.05, 0) is 43.9 Å². The van der Waals surface area contributed by atoms with E-state index in [9.17, 15) is 14.0 Å². The lowest BCUT2D eigenvalue weighted by Gasteiger charge is -2.43. The molecule has 138 valence electrons. The highest BCUT2D eigenvalue weighted by Gasteiger charge is 2.46. The van der Waals surface area contributed by atoms with Crippen molar-refractivity contribution >= 4 is 11.9 Å². The summed E-state index contributed by atoms with van der Waals surface area (Å²) in [7, 11) is 0. The Kier molecular flexibility index (Phi) is 5.86. The molecular weight excluding hydrogens is 321 g/mol. The Balaban J connectivity index is 2.29. The van der Waals surface area contributed by atoms with Crippen LogP contribution in [0.3, 0.4) is 0 Å². The fourth-order valence-corrected chi connectivity index (χ4v) is 3.44. The van der Waals surface area contributed by atoms with E-state index in [1.165, 1.54) is 12.1 Å². The number of likely N-dealkylation sites (tertiary alicyclic amines) is 1. The maximum Gasteiger partial charge on any atom is 0.314 e. The number of ether oxygens (including phenoxy) is 1. The molecule has 5 heteroatoms. The number of benzene rings is 1. The summed E-state index contributed by atoms with van der Waals surface area (Å²) >= 11 is 0. The summed E-state index contributed by atoms with van der Waals surface area (Å²) in [5.74, 6) is -0.534. The highest BCUT2D eigenvalue weighted by atomic mass is 19.1. The van der Waals surface area contributed by atoms with Gasteiger partial charge in [-0.15, -0.1) is 0 Å². The van der Waals surface area contributed by atoms with Crippen molar-refractivity contribution in [2.45, 2.75) is 47.0 Å². The first-order valence-electron chi connectivity index (χ1n) is 8.89. The minimum absolute atomic E-state index is 0.0416. The van der Waals surface area contributed by atoms with Crippen LogP contribution in [0.5, 0.6) is 0 Å². The summed E-state index contributed by atoms with van der Waals surface area (Å²) in [4.78, 5) is 27.3. The molecule has 0 bridgehead atoms. The van der Waals surface area contributed by atoms with Gasteiger partial charge >= 0.3 is 5.97 Å². The maximum absolute atomic E-state index is 13.2. The molecule has 0 unspecified atom stereocenters. The number of esters is 1. The van der Waals surface area contributed by atoms with Gasteiger partial charge in [0.15, 0.2) is 0 Å². The SMILES string of the molecule is CCOC(=O)[C@@]1(Cc2ccc(F)cc2)CCCN(C(=O)C(C)(C)C)C1. The third-order valence-corrected chi connectivity index (χ3v) is 4.67. The Bertz CT molecular complexity index is 621. The first kappa shape index (κ1) is 19.4. The molecule has 0 aromatic heterocycles. The molecule has 1 heterocycles. The fraction of sp³-hybridized carbons (Fsp3) is 0.600. The van der Waals surface area contributed by atoms with E-state index in [-0.39, 0.29) is 17.7 Å². The molecule has 1 aliphatic heterocycles. The normalized spacial score (nSPS) is 21.1. The Morgan fingerprint density at radius 1 is 1.24 bits per heavy atom. The second-order valence-corrected chi connectivity index (χ2v) is 7.88. The van der Waals surface area contributed by atoms with E-state index in [1.807, 2.05) is 20.8 Å². The standard InChI is InChI=1S/C20H28FNO3/c1-5-25-18(24)20(13-15-7-9-16(21)10-8-15)11-6-12-22(14-20)17(23)19(2,3)4/h7-10H,5-6,11-14H2,1-4H3/t20-/m1/s1. The predicted molar refractivity (Wildman–Crippen MR) is 94.4 cm³/mol. The van der Waals surface area contributed by atoms with Gasteiger partial charge in [0.1, 0.15) is 5.82 Å². The van der Waals surface area contributed by atoms with Crippen LogP contribution in [0.25, 0.3) is 0 Å². The van der Waals surface area contributed by atoms with Gasteiger partial charge in [-0.3, -0.25) is 9.59 Å². The van der Waals surface area contributed by atoms with Crippen molar-refractivity contribution in [2.24, 2.45) is 10.8 Å². The number of nitrogens with zero attached hydrogens (tertiary/aromatic N) is 1. The van der Waals surface area contributed by atoms with Crippen LogP contribution in [0.2, 0.25) is 0 Å². The van der Waals surface area contributed by atoms with E-state index in [2.05, 4.69) is 0 Å². The average Bonchev–Trinajstić information content (AvgIpc) is 2.56. The lowest BCUT2D eigenvalue weighted by molar-refractivity contribution is -0.162. The van der Waals surface area contributed by atoms with Crippen molar-refractivity contribution in [1.29, 1.82) is 0 Å². The number of halogens is 1. The second-order valence-electron chi connectivity index (χ2n) is 7.88. The summed E-state index contributed by atoms with van der Waals surface area (Å²) in [6.45, 7) is 8.74. The number of rotatable bonds is 4. The minimum Gasteiger partial charge on any atom is -0.466 e. The number of hydrogen-bond acceptors (Lipinski definition) is 3. The van der Waals surface area contributed by atoms with Crippen molar-refractivity contribution in [3.8, 4) is 0 Å². The first-order chi connectivity index (χ1) is 11.7. The minimum atomic E-state index is -0.771. The Labute approximate surface area is 149 Å². The Hall–Kier alpha value is -1.91. The molecule has 0 N–H and O–H groups in total. The topological polar surface area (TPSA) is 46.6 Å². The van der Waals surface area contributed by atoms with Gasteiger partial charge in [0, 0.05) is 18.5 Å². The highest BCUT2D eigenvalue weighted by Crippen LogP contribution is 2.37. The number of carbonyl (C=O) groups is 2. The third kappa shape index (κ3) is 4.59. The zero-order valence-corrected chi connectivity index (χ0v) is 15.6. The molecule has 0 radical (unpaired) electrons. The third-order valence-electron chi connectivity index (χ3n) is 4.67. The molecule has 1 aromatic rings. The summed E-state index contributed by atoms with van der Waals surface area (Å²) in [5.41, 5.74) is -0.389. The number of amides is 1. The van der Waals surface area contributed by atoms with E-state index in [4.69, 9.17) is 4.74 Å². The molecule has 0 spiro atoms. The van der Waals surface area contributed by atoms with Gasteiger partial charge < -0.3 is 9.64 Å². The molecule has 0 aliphatic carbocycles. The van der Waals surface area contributed by atoms with Crippen LogP contribution in [0.1, 0.15) is 46.1 Å². The van der Waals surface area contributed by atoms with Crippen LogP contribution < -0.4 is 0 Å². The maximum atomic E-state index is 13.2. The summed E-state index contributed by atoms with van der Waals surface area (Å²) < 4.78 is 18.5. The van der Waals surface area contributed by atoms with Gasteiger partial charge in [0.25, 0.3) is 0 Å². The second kappa shape index (κ2) is 7.54. The fourth-order valence-electron chi connectivity index (χ4n) is 3.44. The molecule has 4 nitrogen and oxygen atoms in total. The average molecular weight is 349 g/mol. The zero-order chi connectivity index (χ0) is 18.7. The van der Waals surface area contributed by atoms with E-state index >= 15 is 0 Å². The van der Waals surface area contributed by atoms with E-state index in [1.54, 1.807) is 24.0 Å². The summed E-state index contributed by atoms with van der Waals surface area (Å²) in [6, 6.07) is 6.19. The molecule has 1 aliphatic rings. The smallest absolute Gasteiger partial charge is 0.314 e. The van der Waals surface area contributed by atoms with Crippen molar-refractivity contribution in [3.63, 3.8) is 0 Å². The molecule has 1 fully saturated rings. The van der Waals surface area contributed by atoms with Crippen LogP contribution >= 0.6 is 0 Å². The monoisotopic (exact) mass is 349 g/mol. The molecule has 25 heavy (non-hydrogen) atoms. The number of hydrogen-bond donors (Lipinski definition) is 0. The number of carbonyl (C=O) groups excluding carboxylic acids is 2. The van der Waals surface area contributed by atoms with Gasteiger partial charge in [-0.1, -0.05) is 32.9 Å². The largest absolute Gasteiger partial charge is 0.466 e. The van der Waals surface area contributed by atoms with Crippen molar-refractivity contribution in [1.82, 2.24) is 4.90 Å². The highest BCUT2D eigenvalue weighted by molar-refractivity contribution is 5.84. The lowest BCUT2D eigenvalue weighted by atomic mass is 9.74. The quantitative estimate of drug-likeness (QED) is 0.781. The Morgan fingerprint density at radius 3 is 2.44 bits per heavy atom. The molecule has 1 aromatic carbocycles. The van der Waals surface area contributed by atoms with Crippen LogP contribution in [0.15, 0.2) is 24.3 Å². The molecule has 1 amide bonds. The van der Waals surface area contributed by atoms with Crippen molar-refractivity contribution in [3.05, 3.63) is 35.6 Å². The van der Waals surface area contributed by atoms with Gasteiger partial charge in [0.05, 0.1) is 12.0 Å². The first-order valence-corrected chi connectivity index (χ1v) is 8.89. The van der Waals surface area contributed by atoms with E-state index in [0.717, 1.165) is 12.0 Å². The zero-order valence-electron chi connectivity index (χ0n) is 15.6. The lowest BCUT2D eigenvalue weighted by Crippen LogP contribution is -2.53. The Morgan fingerprint density at radius 2 is 1.88 bits per heavy atom. The van der Waals surface area contributed by atoms with E-state index in [0.29, 0.717) is 32.5 Å². The molecule has 0 saturated carbocycles.